The molecule has 1 aliphatic rings. The molecule has 1 aliphatic heterocycles. The van der Waals surface area contributed by atoms with E-state index in [-0.39, 0.29) is 22.4 Å². The molecule has 1 fully saturated rings. The van der Waals surface area contributed by atoms with Crippen LogP contribution in [0.2, 0.25) is 0 Å². The molecule has 2 N–H and O–H groups in total. The molecule has 4 rings (SSSR count). The molecule has 0 saturated carbocycles. The number of rotatable bonds is 10. The van der Waals surface area contributed by atoms with Gasteiger partial charge in [0, 0.05) is 6.04 Å². The van der Waals surface area contributed by atoms with Crippen molar-refractivity contribution in [1.82, 2.24) is 5.32 Å². The van der Waals surface area contributed by atoms with E-state index in [0.717, 1.165) is 11.3 Å². The van der Waals surface area contributed by atoms with Gasteiger partial charge in [-0.2, -0.15) is 0 Å². The molecule has 202 valence electrons. The third-order valence-electron chi connectivity index (χ3n) is 6.01. The average Bonchev–Trinajstić information content (AvgIpc) is 3.24. The Balaban J connectivity index is 1.77. The van der Waals surface area contributed by atoms with Crippen LogP contribution in [0.3, 0.4) is 0 Å². The summed E-state index contributed by atoms with van der Waals surface area (Å²) in [6, 6.07) is 15.9. The van der Waals surface area contributed by atoms with Crippen LogP contribution < -0.4 is 14.4 Å². The van der Waals surface area contributed by atoms with E-state index in [4.69, 9.17) is 14.6 Å². The number of piperidine rings is 1. The molecule has 0 unspecified atom stereocenters. The summed E-state index contributed by atoms with van der Waals surface area (Å²) in [6.07, 6.45) is 1.33. The molecule has 0 bridgehead atoms. The third kappa shape index (κ3) is 6.37. The van der Waals surface area contributed by atoms with Gasteiger partial charge in [-0.05, 0) is 65.1 Å². The normalized spacial score (nSPS) is 14.2. The molecular weight excluding hydrogens is 596 g/mol. The molecule has 9 nitrogen and oxygen atoms in total. The fraction of sp³-hybridized carbons (Fsp3) is 0.308. The number of carboxylic acid groups (broad SMARTS) is 1. The molecule has 0 atom stereocenters. The number of sulfonamides is 1. The van der Waals surface area contributed by atoms with Crippen LogP contribution in [0.1, 0.15) is 28.1 Å². The van der Waals surface area contributed by atoms with Crippen LogP contribution in [0.4, 0.5) is 5.69 Å². The summed E-state index contributed by atoms with van der Waals surface area (Å²) in [5.41, 5.74) is 1.85. The molecule has 1 saturated heterocycles. The minimum absolute atomic E-state index is 0.0663. The second-order valence-electron chi connectivity index (χ2n) is 8.65. The van der Waals surface area contributed by atoms with Crippen molar-refractivity contribution in [3.63, 3.8) is 0 Å². The number of thiophene rings is 1. The van der Waals surface area contributed by atoms with Crippen LogP contribution in [0.25, 0.3) is 10.4 Å². The molecule has 2 heterocycles. The molecular formula is C26H27BrN2O7S2. The number of nitrogens with one attached hydrogen (secondary N) is 1. The van der Waals surface area contributed by atoms with Crippen LogP contribution in [-0.4, -0.2) is 58.3 Å². The van der Waals surface area contributed by atoms with Crippen molar-refractivity contribution in [2.75, 3.05) is 31.1 Å². The first-order chi connectivity index (χ1) is 18.2. The Kier molecular flexibility index (Phi) is 9.08. The zero-order chi connectivity index (χ0) is 27.3. The molecule has 2 aromatic carbocycles. The minimum Gasteiger partial charge on any atom is -0.479 e. The molecule has 38 heavy (non-hydrogen) atoms. The van der Waals surface area contributed by atoms with E-state index in [1.165, 1.54) is 11.4 Å². The fourth-order valence-corrected chi connectivity index (χ4v) is 8.17. The standard InChI is InChI=1S/C26H27BrN2O7S2/c1-35-26(32)25-23(36-15-21(30)31)22(27)24(37-25)18-8-5-9-20(14-18)29(19-10-12-28-13-11-19)38(33,34)16-17-6-3-2-4-7-17/h2-9,14,19,28H,10-13,15-16H2,1H3,(H,30,31). The molecule has 0 spiro atoms. The highest BCUT2D eigenvalue weighted by atomic mass is 79.9. The summed E-state index contributed by atoms with van der Waals surface area (Å²) in [5.74, 6) is -1.93. The number of ether oxygens (including phenoxy) is 2. The lowest BCUT2D eigenvalue weighted by atomic mass is 10.1. The number of methoxy groups -OCH3 is 1. The second kappa shape index (κ2) is 12.3. The van der Waals surface area contributed by atoms with Crippen LogP contribution >= 0.6 is 27.3 Å². The first-order valence-corrected chi connectivity index (χ1v) is 15.1. The lowest BCUT2D eigenvalue weighted by Crippen LogP contribution is -2.46. The molecule has 0 aliphatic carbocycles. The maximum atomic E-state index is 13.8. The Morgan fingerprint density at radius 1 is 1.13 bits per heavy atom. The van der Waals surface area contributed by atoms with Crippen LogP contribution in [-0.2, 0) is 25.3 Å². The summed E-state index contributed by atoms with van der Waals surface area (Å²) in [4.78, 5) is 24.2. The minimum atomic E-state index is -3.74. The first kappa shape index (κ1) is 28.1. The molecule has 12 heteroatoms. The maximum Gasteiger partial charge on any atom is 0.351 e. The smallest absolute Gasteiger partial charge is 0.351 e. The Bertz CT molecular complexity index is 1400. The maximum absolute atomic E-state index is 13.8. The number of halogens is 1. The summed E-state index contributed by atoms with van der Waals surface area (Å²) < 4.78 is 39.8. The summed E-state index contributed by atoms with van der Waals surface area (Å²) in [6.45, 7) is 0.788. The van der Waals surface area contributed by atoms with Crippen molar-refractivity contribution in [2.45, 2.75) is 24.6 Å². The van der Waals surface area contributed by atoms with Gasteiger partial charge in [0.1, 0.15) is 0 Å². The zero-order valence-electron chi connectivity index (χ0n) is 20.6. The number of nitrogens with zero attached hydrogens (tertiary/aromatic N) is 1. The second-order valence-corrected chi connectivity index (χ2v) is 12.3. The average molecular weight is 624 g/mol. The number of hydrogen-bond donors (Lipinski definition) is 2. The van der Waals surface area contributed by atoms with Gasteiger partial charge in [-0.15, -0.1) is 11.3 Å². The van der Waals surface area contributed by atoms with Gasteiger partial charge in [0.05, 0.1) is 27.9 Å². The van der Waals surface area contributed by atoms with Crippen molar-refractivity contribution >= 4 is 54.9 Å². The summed E-state index contributed by atoms with van der Waals surface area (Å²) >= 11 is 4.53. The lowest BCUT2D eigenvalue weighted by molar-refractivity contribution is -0.139. The van der Waals surface area contributed by atoms with E-state index < -0.39 is 28.6 Å². The van der Waals surface area contributed by atoms with Crippen molar-refractivity contribution in [2.24, 2.45) is 0 Å². The summed E-state index contributed by atoms with van der Waals surface area (Å²) in [5, 5.41) is 12.3. The molecule has 0 amide bonds. The predicted molar refractivity (Wildman–Crippen MR) is 149 cm³/mol. The van der Waals surface area contributed by atoms with Gasteiger partial charge in [-0.3, -0.25) is 4.31 Å². The van der Waals surface area contributed by atoms with Crippen LogP contribution in [0.5, 0.6) is 5.75 Å². The van der Waals surface area contributed by atoms with Gasteiger partial charge in [0.25, 0.3) is 0 Å². The number of esters is 1. The Hall–Kier alpha value is -2.93. The van der Waals surface area contributed by atoms with Gasteiger partial charge in [0.15, 0.2) is 17.2 Å². The number of hydrogen-bond acceptors (Lipinski definition) is 8. The highest BCUT2D eigenvalue weighted by Crippen LogP contribution is 2.46. The van der Waals surface area contributed by atoms with Gasteiger partial charge >= 0.3 is 11.9 Å². The lowest BCUT2D eigenvalue weighted by Gasteiger charge is -2.35. The quantitative estimate of drug-likeness (QED) is 0.317. The van der Waals surface area contributed by atoms with Crippen LogP contribution in [0.15, 0.2) is 59.1 Å². The number of carbonyl (C=O) groups is 2. The SMILES string of the molecule is COC(=O)c1sc(-c2cccc(N(C3CCNCC3)S(=O)(=O)Cc3ccccc3)c2)c(Br)c1OCC(=O)O. The van der Waals surface area contributed by atoms with Crippen molar-refractivity contribution in [1.29, 1.82) is 0 Å². The van der Waals surface area contributed by atoms with E-state index in [2.05, 4.69) is 21.2 Å². The number of carboxylic acids is 1. The van der Waals surface area contributed by atoms with Gasteiger partial charge in [0.2, 0.25) is 10.0 Å². The van der Waals surface area contributed by atoms with Crippen molar-refractivity contribution < 1.29 is 32.6 Å². The Labute approximate surface area is 233 Å². The predicted octanol–water partition coefficient (Wildman–Crippen LogP) is 4.52. The van der Waals surface area contributed by atoms with E-state index in [1.807, 2.05) is 18.2 Å². The Morgan fingerprint density at radius 2 is 1.84 bits per heavy atom. The number of aliphatic carboxylic acids is 1. The first-order valence-electron chi connectivity index (χ1n) is 11.8. The largest absolute Gasteiger partial charge is 0.479 e. The van der Waals surface area contributed by atoms with Crippen molar-refractivity contribution in [3.8, 4) is 16.2 Å². The monoisotopic (exact) mass is 622 g/mol. The zero-order valence-corrected chi connectivity index (χ0v) is 23.8. The van der Waals surface area contributed by atoms with E-state index >= 15 is 0 Å². The highest BCUT2D eigenvalue weighted by Gasteiger charge is 2.32. The van der Waals surface area contributed by atoms with Crippen molar-refractivity contribution in [3.05, 3.63) is 69.5 Å². The van der Waals surface area contributed by atoms with Gasteiger partial charge in [-0.1, -0.05) is 42.5 Å². The highest BCUT2D eigenvalue weighted by molar-refractivity contribution is 9.10. The number of carbonyl (C=O) groups excluding carboxylic acids is 1. The molecule has 1 aromatic heterocycles. The third-order valence-corrected chi connectivity index (χ3v) is 10.0. The van der Waals surface area contributed by atoms with Gasteiger partial charge in [-0.25, -0.2) is 18.0 Å². The van der Waals surface area contributed by atoms with Crippen LogP contribution in [0, 0.1) is 0 Å². The fourth-order valence-electron chi connectivity index (χ4n) is 4.35. The van der Waals surface area contributed by atoms with E-state index in [0.29, 0.717) is 52.1 Å². The number of anilines is 1. The van der Waals surface area contributed by atoms with Gasteiger partial charge < -0.3 is 19.9 Å². The van der Waals surface area contributed by atoms with E-state index in [9.17, 15) is 18.0 Å². The molecule has 0 radical (unpaired) electrons. The topological polar surface area (TPSA) is 122 Å². The van der Waals surface area contributed by atoms with E-state index in [1.54, 1.807) is 36.4 Å². The summed E-state index contributed by atoms with van der Waals surface area (Å²) in [7, 11) is -2.51. The Morgan fingerprint density at radius 3 is 2.50 bits per heavy atom. The number of benzene rings is 2. The molecule has 3 aromatic rings.